The predicted octanol–water partition coefficient (Wildman–Crippen LogP) is 7.52. The van der Waals surface area contributed by atoms with E-state index in [1.54, 1.807) is 30.3 Å². The van der Waals surface area contributed by atoms with Gasteiger partial charge < -0.3 is 15.4 Å². The molecular formula is C31H26ClN3O3. The highest BCUT2D eigenvalue weighted by Gasteiger charge is 2.21. The first kappa shape index (κ1) is 25.2. The number of carbonyl (C=O) groups excluding carboxylic acids is 1. The minimum absolute atomic E-state index is 0.0177. The van der Waals surface area contributed by atoms with Crippen molar-refractivity contribution in [2.24, 2.45) is 0 Å². The Labute approximate surface area is 225 Å². The number of imidazole rings is 1. The molecule has 0 aliphatic heterocycles. The van der Waals surface area contributed by atoms with E-state index in [1.807, 2.05) is 54.6 Å². The topological polar surface area (TPSA) is 95.1 Å². The van der Waals surface area contributed by atoms with Gasteiger partial charge in [0.2, 0.25) is 0 Å². The maximum atomic E-state index is 13.2. The molecule has 1 aromatic heterocycles. The Morgan fingerprint density at radius 2 is 1.66 bits per heavy atom. The number of amides is 1. The van der Waals surface area contributed by atoms with E-state index in [2.05, 4.69) is 22.2 Å². The standard InChI is InChI=1S/C31H26ClN3O3/c1-2-8-26(19-9-4-3-5-10-19)35-30(36)20-13-15-23(25(17-20)31(37)38)22-16-14-21(32)18-24(22)29-33-27-11-6-7-12-28(27)34-29/h3-7,9-18,26H,2,8H2,1H3,(H,33,34)(H,35,36)(H,37,38). The van der Waals surface area contributed by atoms with Crippen LogP contribution in [-0.4, -0.2) is 27.0 Å². The number of para-hydroxylation sites is 2. The summed E-state index contributed by atoms with van der Waals surface area (Å²) < 4.78 is 0. The summed E-state index contributed by atoms with van der Waals surface area (Å²) in [4.78, 5) is 33.6. The number of hydrogen-bond donors (Lipinski definition) is 3. The van der Waals surface area contributed by atoms with E-state index < -0.39 is 5.97 Å². The van der Waals surface area contributed by atoms with E-state index in [1.165, 1.54) is 6.07 Å². The smallest absolute Gasteiger partial charge is 0.336 e. The van der Waals surface area contributed by atoms with Crippen LogP contribution >= 0.6 is 11.6 Å². The summed E-state index contributed by atoms with van der Waals surface area (Å²) in [6.45, 7) is 2.06. The number of fused-ring (bicyclic) bond motifs is 1. The Hall–Kier alpha value is -4.42. The summed E-state index contributed by atoms with van der Waals surface area (Å²) in [6.07, 6.45) is 1.66. The average Bonchev–Trinajstić information content (AvgIpc) is 3.37. The molecule has 190 valence electrons. The van der Waals surface area contributed by atoms with Crippen LogP contribution in [0.4, 0.5) is 0 Å². The molecule has 5 rings (SSSR count). The van der Waals surface area contributed by atoms with Gasteiger partial charge in [-0.3, -0.25) is 4.79 Å². The predicted molar refractivity (Wildman–Crippen MR) is 150 cm³/mol. The lowest BCUT2D eigenvalue weighted by Crippen LogP contribution is -2.28. The first-order valence-corrected chi connectivity index (χ1v) is 12.8. The lowest BCUT2D eigenvalue weighted by molar-refractivity contribution is 0.0697. The molecule has 0 aliphatic carbocycles. The molecule has 38 heavy (non-hydrogen) atoms. The monoisotopic (exact) mass is 523 g/mol. The Kier molecular flexibility index (Phi) is 7.24. The van der Waals surface area contributed by atoms with Crippen LogP contribution in [0.1, 0.15) is 52.1 Å². The largest absolute Gasteiger partial charge is 0.478 e. The summed E-state index contributed by atoms with van der Waals surface area (Å²) >= 11 is 6.34. The van der Waals surface area contributed by atoms with Crippen molar-refractivity contribution in [2.45, 2.75) is 25.8 Å². The molecule has 3 N–H and O–H groups in total. The van der Waals surface area contributed by atoms with E-state index in [0.717, 1.165) is 29.4 Å². The van der Waals surface area contributed by atoms with Gasteiger partial charge in [-0.1, -0.05) is 79.5 Å². The molecule has 0 aliphatic rings. The molecule has 1 unspecified atom stereocenters. The molecule has 0 saturated carbocycles. The Morgan fingerprint density at radius 3 is 2.39 bits per heavy atom. The number of aromatic nitrogens is 2. The van der Waals surface area contributed by atoms with Gasteiger partial charge in [-0.25, -0.2) is 9.78 Å². The second-order valence-electron chi connectivity index (χ2n) is 9.08. The second-order valence-corrected chi connectivity index (χ2v) is 9.52. The zero-order valence-electron chi connectivity index (χ0n) is 20.7. The number of carbonyl (C=O) groups is 2. The van der Waals surface area contributed by atoms with Crippen LogP contribution < -0.4 is 5.32 Å². The number of benzene rings is 4. The van der Waals surface area contributed by atoms with Crippen LogP contribution in [-0.2, 0) is 0 Å². The zero-order chi connectivity index (χ0) is 26.6. The minimum Gasteiger partial charge on any atom is -0.478 e. The number of carboxylic acid groups (broad SMARTS) is 1. The molecule has 6 nitrogen and oxygen atoms in total. The number of rotatable bonds is 8. The van der Waals surface area contributed by atoms with Crippen molar-refractivity contribution in [1.29, 1.82) is 0 Å². The Bertz CT molecular complexity index is 1600. The van der Waals surface area contributed by atoms with E-state index in [4.69, 9.17) is 11.6 Å². The number of carboxylic acids is 1. The molecule has 0 fully saturated rings. The maximum absolute atomic E-state index is 13.2. The summed E-state index contributed by atoms with van der Waals surface area (Å²) in [5.74, 6) is -0.879. The third-order valence-electron chi connectivity index (χ3n) is 6.51. The average molecular weight is 524 g/mol. The lowest BCUT2D eigenvalue weighted by Gasteiger charge is -2.19. The molecule has 4 aromatic carbocycles. The van der Waals surface area contributed by atoms with Crippen LogP contribution in [0, 0.1) is 0 Å². The molecule has 1 heterocycles. The Balaban J connectivity index is 1.54. The van der Waals surface area contributed by atoms with Gasteiger partial charge in [0.1, 0.15) is 5.82 Å². The van der Waals surface area contributed by atoms with Crippen LogP contribution in [0.2, 0.25) is 5.02 Å². The third-order valence-corrected chi connectivity index (χ3v) is 6.75. The summed E-state index contributed by atoms with van der Waals surface area (Å²) in [5.41, 5.74) is 4.74. The van der Waals surface area contributed by atoms with Crippen molar-refractivity contribution in [3.05, 3.63) is 113 Å². The van der Waals surface area contributed by atoms with Gasteiger partial charge in [0.05, 0.1) is 22.6 Å². The van der Waals surface area contributed by atoms with Gasteiger partial charge in [0.25, 0.3) is 5.91 Å². The van der Waals surface area contributed by atoms with Crippen molar-refractivity contribution >= 4 is 34.5 Å². The zero-order valence-corrected chi connectivity index (χ0v) is 21.5. The number of nitrogens with one attached hydrogen (secondary N) is 2. The van der Waals surface area contributed by atoms with Crippen molar-refractivity contribution in [1.82, 2.24) is 15.3 Å². The fraction of sp³-hybridized carbons (Fsp3) is 0.129. The molecule has 0 radical (unpaired) electrons. The highest BCUT2D eigenvalue weighted by atomic mass is 35.5. The Morgan fingerprint density at radius 1 is 0.921 bits per heavy atom. The SMILES string of the molecule is CCCC(NC(=O)c1ccc(-c2ccc(Cl)cc2-c2nc3ccccc3[nH]2)c(C(=O)O)c1)c1ccccc1. The first-order valence-electron chi connectivity index (χ1n) is 12.4. The number of nitrogens with zero attached hydrogens (tertiary/aromatic N) is 1. The van der Waals surface area contributed by atoms with Crippen molar-refractivity contribution < 1.29 is 14.7 Å². The van der Waals surface area contributed by atoms with E-state index in [9.17, 15) is 14.7 Å². The summed E-state index contributed by atoms with van der Waals surface area (Å²) in [5, 5.41) is 13.7. The highest BCUT2D eigenvalue weighted by molar-refractivity contribution is 6.31. The van der Waals surface area contributed by atoms with Gasteiger partial charge >= 0.3 is 5.97 Å². The highest BCUT2D eigenvalue weighted by Crippen LogP contribution is 2.36. The second kappa shape index (κ2) is 10.9. The molecule has 1 amide bonds. The molecule has 1 atom stereocenters. The molecule has 7 heteroatoms. The number of hydrogen-bond acceptors (Lipinski definition) is 3. The van der Waals surface area contributed by atoms with Crippen molar-refractivity contribution in [3.8, 4) is 22.5 Å². The molecule has 0 spiro atoms. The van der Waals surface area contributed by atoms with Gasteiger partial charge in [-0.05, 0) is 59.5 Å². The quantitative estimate of drug-likeness (QED) is 0.196. The third kappa shape index (κ3) is 5.17. The fourth-order valence-electron chi connectivity index (χ4n) is 4.66. The van der Waals surface area contributed by atoms with Gasteiger partial charge in [0, 0.05) is 16.1 Å². The normalized spacial score (nSPS) is 11.8. The molecule has 5 aromatic rings. The van der Waals surface area contributed by atoms with E-state index in [-0.39, 0.29) is 23.1 Å². The van der Waals surface area contributed by atoms with Gasteiger partial charge in [0.15, 0.2) is 0 Å². The van der Waals surface area contributed by atoms with Crippen LogP contribution in [0.3, 0.4) is 0 Å². The van der Waals surface area contributed by atoms with Crippen LogP contribution in [0.15, 0.2) is 91.0 Å². The van der Waals surface area contributed by atoms with E-state index >= 15 is 0 Å². The number of halogens is 1. The van der Waals surface area contributed by atoms with Crippen LogP contribution in [0.25, 0.3) is 33.5 Å². The van der Waals surface area contributed by atoms with E-state index in [0.29, 0.717) is 27.5 Å². The molecule has 0 bridgehead atoms. The summed E-state index contributed by atoms with van der Waals surface area (Å²) in [6, 6.07) is 27.2. The maximum Gasteiger partial charge on any atom is 0.336 e. The molecular weight excluding hydrogens is 498 g/mol. The van der Waals surface area contributed by atoms with Crippen molar-refractivity contribution in [3.63, 3.8) is 0 Å². The summed E-state index contributed by atoms with van der Waals surface area (Å²) in [7, 11) is 0. The molecule has 0 saturated heterocycles. The first-order chi connectivity index (χ1) is 18.4. The number of aromatic amines is 1. The number of H-pyrrole nitrogens is 1. The number of aromatic carboxylic acids is 1. The van der Waals surface area contributed by atoms with Crippen LogP contribution in [0.5, 0.6) is 0 Å². The fourth-order valence-corrected chi connectivity index (χ4v) is 4.83. The minimum atomic E-state index is -1.13. The lowest BCUT2D eigenvalue weighted by atomic mass is 9.93. The van der Waals surface area contributed by atoms with Gasteiger partial charge in [-0.15, -0.1) is 0 Å². The van der Waals surface area contributed by atoms with Gasteiger partial charge in [-0.2, -0.15) is 0 Å². The van der Waals surface area contributed by atoms with Crippen molar-refractivity contribution in [2.75, 3.05) is 0 Å².